The molecule has 0 saturated heterocycles. The Morgan fingerprint density at radius 1 is 1.14 bits per heavy atom. The third kappa shape index (κ3) is 0.880. The van der Waals surface area contributed by atoms with Crippen molar-refractivity contribution in [3.05, 3.63) is 42.2 Å². The Labute approximate surface area is 81.2 Å². The molecule has 0 aliphatic heterocycles. The van der Waals surface area contributed by atoms with Gasteiger partial charge in [-0.05, 0) is 18.6 Å². The minimum Gasteiger partial charge on any atom is -0.454 e. The summed E-state index contributed by atoms with van der Waals surface area (Å²) >= 11 is 0. The monoisotopic (exact) mass is 183 g/mol. The molecule has 0 bridgehead atoms. The van der Waals surface area contributed by atoms with Crippen molar-refractivity contribution in [2.45, 2.75) is 6.92 Å². The average molecular weight is 183 g/mol. The van der Waals surface area contributed by atoms with Gasteiger partial charge < -0.3 is 4.42 Å². The topological polar surface area (TPSA) is 26.0 Å². The van der Waals surface area contributed by atoms with Crippen LogP contribution < -0.4 is 0 Å². The van der Waals surface area contributed by atoms with Gasteiger partial charge in [-0.25, -0.2) is 0 Å². The highest BCUT2D eigenvalue weighted by atomic mass is 16.3. The van der Waals surface area contributed by atoms with Crippen LogP contribution in [0.2, 0.25) is 0 Å². The minimum absolute atomic E-state index is 0.858. The van der Waals surface area contributed by atoms with Gasteiger partial charge >= 0.3 is 0 Å². The van der Waals surface area contributed by atoms with E-state index in [0.717, 1.165) is 16.6 Å². The fraction of sp³-hybridized carbons (Fsp3) is 0.0833. The molecule has 2 aromatic heterocycles. The second kappa shape index (κ2) is 2.58. The Bertz CT molecular complexity index is 610. The number of para-hydroxylation sites is 1. The van der Waals surface area contributed by atoms with Gasteiger partial charge in [-0.1, -0.05) is 18.2 Å². The molecule has 14 heavy (non-hydrogen) atoms. The number of hydrogen-bond donors (Lipinski definition) is 0. The van der Waals surface area contributed by atoms with Crippen LogP contribution in [-0.2, 0) is 0 Å². The molecule has 0 radical (unpaired) electrons. The summed E-state index contributed by atoms with van der Waals surface area (Å²) in [6.45, 7) is 2.05. The normalized spacial score (nSPS) is 11.2. The smallest absolute Gasteiger partial charge is 0.153 e. The van der Waals surface area contributed by atoms with Gasteiger partial charge in [0, 0.05) is 17.0 Å². The summed E-state index contributed by atoms with van der Waals surface area (Å²) < 4.78 is 5.72. The van der Waals surface area contributed by atoms with Crippen LogP contribution >= 0.6 is 0 Å². The number of nitrogens with zero attached hydrogens (tertiary/aromatic N) is 1. The fourth-order valence-electron chi connectivity index (χ4n) is 1.79. The maximum Gasteiger partial charge on any atom is 0.153 e. The molecule has 0 fully saturated rings. The molecule has 0 unspecified atom stereocenters. The third-order valence-corrected chi connectivity index (χ3v) is 2.50. The molecule has 0 atom stereocenters. The third-order valence-electron chi connectivity index (χ3n) is 2.50. The Kier molecular flexibility index (Phi) is 1.39. The van der Waals surface area contributed by atoms with Crippen molar-refractivity contribution in [1.29, 1.82) is 0 Å². The average Bonchev–Trinajstić information content (AvgIpc) is 2.59. The second-order valence-corrected chi connectivity index (χ2v) is 3.43. The van der Waals surface area contributed by atoms with Crippen molar-refractivity contribution in [2.24, 2.45) is 0 Å². The first-order valence-electron chi connectivity index (χ1n) is 4.58. The minimum atomic E-state index is 0.858. The van der Waals surface area contributed by atoms with E-state index in [1.807, 2.05) is 12.1 Å². The van der Waals surface area contributed by atoms with Gasteiger partial charge in [0.15, 0.2) is 5.58 Å². The SMILES string of the molecule is Cc1cccc2c1oc1cnccc12. The number of aromatic nitrogens is 1. The fourth-order valence-corrected chi connectivity index (χ4v) is 1.79. The lowest BCUT2D eigenvalue weighted by atomic mass is 10.1. The van der Waals surface area contributed by atoms with Gasteiger partial charge in [-0.2, -0.15) is 0 Å². The number of furan rings is 1. The number of rotatable bonds is 0. The molecule has 2 nitrogen and oxygen atoms in total. The van der Waals surface area contributed by atoms with Crippen LogP contribution in [0.5, 0.6) is 0 Å². The van der Waals surface area contributed by atoms with Gasteiger partial charge in [-0.15, -0.1) is 0 Å². The first kappa shape index (κ1) is 7.56. The first-order chi connectivity index (χ1) is 6.86. The van der Waals surface area contributed by atoms with Crippen molar-refractivity contribution in [3.8, 4) is 0 Å². The highest BCUT2D eigenvalue weighted by Gasteiger charge is 2.06. The van der Waals surface area contributed by atoms with Gasteiger partial charge in [0.05, 0.1) is 6.20 Å². The zero-order valence-electron chi connectivity index (χ0n) is 7.82. The van der Waals surface area contributed by atoms with Crippen LogP contribution in [0.3, 0.4) is 0 Å². The molecule has 3 rings (SSSR count). The molecule has 1 aromatic carbocycles. The van der Waals surface area contributed by atoms with E-state index in [2.05, 4.69) is 24.0 Å². The summed E-state index contributed by atoms with van der Waals surface area (Å²) in [5.74, 6) is 0. The lowest BCUT2D eigenvalue weighted by Gasteiger charge is -1.91. The maximum atomic E-state index is 5.72. The van der Waals surface area contributed by atoms with Crippen LogP contribution in [0.1, 0.15) is 5.56 Å². The number of aryl methyl sites for hydroxylation is 1. The van der Waals surface area contributed by atoms with Crippen LogP contribution in [0.15, 0.2) is 41.1 Å². The zero-order chi connectivity index (χ0) is 9.54. The van der Waals surface area contributed by atoms with E-state index in [1.165, 1.54) is 10.9 Å². The highest BCUT2D eigenvalue weighted by Crippen LogP contribution is 2.29. The van der Waals surface area contributed by atoms with E-state index in [1.54, 1.807) is 12.4 Å². The molecular weight excluding hydrogens is 174 g/mol. The molecule has 2 heterocycles. The van der Waals surface area contributed by atoms with E-state index >= 15 is 0 Å². The van der Waals surface area contributed by atoms with E-state index < -0.39 is 0 Å². The van der Waals surface area contributed by atoms with Gasteiger partial charge in [-0.3, -0.25) is 4.98 Å². The van der Waals surface area contributed by atoms with Gasteiger partial charge in [0.25, 0.3) is 0 Å². The number of pyridine rings is 1. The Balaban J connectivity index is 2.63. The predicted octanol–water partition coefficient (Wildman–Crippen LogP) is 3.29. The molecule has 0 N–H and O–H groups in total. The molecule has 68 valence electrons. The van der Waals surface area contributed by atoms with Gasteiger partial charge in [0.2, 0.25) is 0 Å². The lowest BCUT2D eigenvalue weighted by Crippen LogP contribution is -1.71. The van der Waals surface area contributed by atoms with Crippen molar-refractivity contribution in [3.63, 3.8) is 0 Å². The van der Waals surface area contributed by atoms with Gasteiger partial charge in [0.1, 0.15) is 5.58 Å². The molecule has 2 heteroatoms. The predicted molar refractivity (Wildman–Crippen MR) is 56.3 cm³/mol. The number of hydrogen-bond acceptors (Lipinski definition) is 2. The Morgan fingerprint density at radius 2 is 2.07 bits per heavy atom. The second-order valence-electron chi connectivity index (χ2n) is 3.43. The van der Waals surface area contributed by atoms with Crippen molar-refractivity contribution in [2.75, 3.05) is 0 Å². The summed E-state index contributed by atoms with van der Waals surface area (Å²) in [5, 5.41) is 2.31. The quantitative estimate of drug-likeness (QED) is 0.534. The molecule has 3 aromatic rings. The number of benzene rings is 1. The van der Waals surface area contributed by atoms with Crippen LogP contribution in [0, 0.1) is 6.92 Å². The zero-order valence-corrected chi connectivity index (χ0v) is 7.82. The largest absolute Gasteiger partial charge is 0.454 e. The Morgan fingerprint density at radius 3 is 3.00 bits per heavy atom. The van der Waals surface area contributed by atoms with E-state index in [9.17, 15) is 0 Å². The maximum absolute atomic E-state index is 5.72. The standard InChI is InChI=1S/C12H9NO/c1-8-3-2-4-10-9-5-6-13-7-11(9)14-12(8)10/h2-7H,1H3. The van der Waals surface area contributed by atoms with Crippen LogP contribution in [0.25, 0.3) is 21.9 Å². The van der Waals surface area contributed by atoms with Crippen molar-refractivity contribution >= 4 is 21.9 Å². The molecule has 0 aliphatic carbocycles. The highest BCUT2D eigenvalue weighted by molar-refractivity contribution is 6.05. The number of fused-ring (bicyclic) bond motifs is 3. The molecule has 0 amide bonds. The first-order valence-corrected chi connectivity index (χ1v) is 4.58. The van der Waals surface area contributed by atoms with E-state index in [0.29, 0.717) is 0 Å². The molecule has 0 spiro atoms. The van der Waals surface area contributed by atoms with E-state index in [-0.39, 0.29) is 0 Å². The van der Waals surface area contributed by atoms with Crippen LogP contribution in [0.4, 0.5) is 0 Å². The lowest BCUT2D eigenvalue weighted by molar-refractivity contribution is 0.664. The summed E-state index contributed by atoms with van der Waals surface area (Å²) in [6.07, 6.45) is 3.55. The summed E-state index contributed by atoms with van der Waals surface area (Å²) in [6, 6.07) is 8.17. The molecule has 0 aliphatic rings. The van der Waals surface area contributed by atoms with Crippen LogP contribution in [-0.4, -0.2) is 4.98 Å². The summed E-state index contributed by atoms with van der Waals surface area (Å²) in [4.78, 5) is 4.04. The Hall–Kier alpha value is -1.83. The summed E-state index contributed by atoms with van der Waals surface area (Å²) in [5.41, 5.74) is 2.99. The molecule has 0 saturated carbocycles. The van der Waals surface area contributed by atoms with Crippen molar-refractivity contribution < 1.29 is 4.42 Å². The van der Waals surface area contributed by atoms with E-state index in [4.69, 9.17) is 4.42 Å². The summed E-state index contributed by atoms with van der Waals surface area (Å²) in [7, 11) is 0. The molecular formula is C12H9NO. The van der Waals surface area contributed by atoms with Crippen molar-refractivity contribution in [1.82, 2.24) is 4.98 Å².